The second-order valence-corrected chi connectivity index (χ2v) is 5.83. The zero-order chi connectivity index (χ0) is 12.9. The Hall–Kier alpha value is -0.900. The molecule has 0 bridgehead atoms. The van der Waals surface area contributed by atoms with Crippen molar-refractivity contribution in [2.75, 3.05) is 0 Å². The quantitative estimate of drug-likeness (QED) is 0.776. The lowest BCUT2D eigenvalue weighted by Gasteiger charge is -2.40. The molecule has 1 unspecified atom stereocenters. The van der Waals surface area contributed by atoms with Gasteiger partial charge in [-0.3, -0.25) is 4.68 Å². The second kappa shape index (κ2) is 5.63. The van der Waals surface area contributed by atoms with E-state index in [2.05, 4.69) is 37.8 Å². The molecule has 1 aromatic heterocycles. The highest BCUT2D eigenvalue weighted by Crippen LogP contribution is 2.36. The van der Waals surface area contributed by atoms with Gasteiger partial charge in [-0.2, -0.15) is 5.10 Å². The molecule has 0 aliphatic heterocycles. The van der Waals surface area contributed by atoms with Crippen molar-refractivity contribution in [2.24, 2.45) is 5.41 Å². The minimum absolute atomic E-state index is 0.160. The van der Waals surface area contributed by atoms with Gasteiger partial charge in [-0.1, -0.05) is 47.0 Å². The Morgan fingerprint density at radius 3 is 2.41 bits per heavy atom. The molecule has 0 spiro atoms. The largest absolute Gasteiger partial charge is 0.387 e. The van der Waals surface area contributed by atoms with Crippen molar-refractivity contribution < 1.29 is 5.11 Å². The van der Waals surface area contributed by atoms with Crippen LogP contribution >= 0.6 is 0 Å². The Kier molecular flexibility index (Phi) is 4.69. The van der Waals surface area contributed by atoms with Gasteiger partial charge in [0.05, 0.1) is 12.1 Å². The van der Waals surface area contributed by atoms with Crippen molar-refractivity contribution in [1.29, 1.82) is 0 Å². The van der Waals surface area contributed by atoms with E-state index in [4.69, 9.17) is 0 Å². The molecule has 0 aliphatic carbocycles. The average Bonchev–Trinajstić information content (AvgIpc) is 2.69. The fraction of sp³-hybridized carbons (Fsp3) is 0.846. The summed E-state index contributed by atoms with van der Waals surface area (Å²) in [5.41, 5.74) is -0.886. The molecule has 98 valence electrons. The first-order valence-corrected chi connectivity index (χ1v) is 6.44. The van der Waals surface area contributed by atoms with E-state index in [1.54, 1.807) is 11.0 Å². The lowest BCUT2D eigenvalue weighted by atomic mass is 9.73. The fourth-order valence-corrected chi connectivity index (χ4v) is 1.94. The summed E-state index contributed by atoms with van der Waals surface area (Å²) < 4.78 is 1.72. The zero-order valence-corrected chi connectivity index (χ0v) is 11.5. The van der Waals surface area contributed by atoms with Gasteiger partial charge in [-0.05, 0) is 11.8 Å². The maximum Gasteiger partial charge on any atom is 0.137 e. The van der Waals surface area contributed by atoms with Gasteiger partial charge in [0.15, 0.2) is 0 Å². The number of hydrogen-bond acceptors (Lipinski definition) is 3. The Bertz CT molecular complexity index is 316. The number of aliphatic hydroxyl groups is 1. The molecule has 1 atom stereocenters. The summed E-state index contributed by atoms with van der Waals surface area (Å²) in [7, 11) is 0. The van der Waals surface area contributed by atoms with Gasteiger partial charge in [0.2, 0.25) is 0 Å². The van der Waals surface area contributed by atoms with E-state index in [1.807, 2.05) is 0 Å². The number of aromatic nitrogens is 3. The van der Waals surface area contributed by atoms with Gasteiger partial charge in [0.25, 0.3) is 0 Å². The molecule has 1 N–H and O–H groups in total. The van der Waals surface area contributed by atoms with E-state index >= 15 is 0 Å². The third kappa shape index (κ3) is 3.80. The van der Waals surface area contributed by atoms with Crippen LogP contribution in [0.2, 0.25) is 0 Å². The van der Waals surface area contributed by atoms with Gasteiger partial charge in [-0.25, -0.2) is 4.98 Å². The van der Waals surface area contributed by atoms with Gasteiger partial charge < -0.3 is 5.11 Å². The van der Waals surface area contributed by atoms with Crippen LogP contribution in [0.5, 0.6) is 0 Å². The van der Waals surface area contributed by atoms with Crippen molar-refractivity contribution >= 4 is 0 Å². The lowest BCUT2D eigenvalue weighted by molar-refractivity contribution is -0.0814. The third-order valence-corrected chi connectivity index (χ3v) is 3.48. The molecule has 17 heavy (non-hydrogen) atoms. The molecule has 1 aromatic rings. The molecular formula is C13H25N3O. The van der Waals surface area contributed by atoms with Crippen molar-refractivity contribution in [2.45, 2.75) is 65.5 Å². The highest BCUT2D eigenvalue weighted by Gasteiger charge is 2.39. The van der Waals surface area contributed by atoms with E-state index in [1.165, 1.54) is 12.7 Å². The minimum Gasteiger partial charge on any atom is -0.387 e. The maximum atomic E-state index is 10.9. The summed E-state index contributed by atoms with van der Waals surface area (Å²) in [6.45, 7) is 8.93. The van der Waals surface area contributed by atoms with Crippen LogP contribution in [0, 0.1) is 5.41 Å². The summed E-state index contributed by atoms with van der Waals surface area (Å²) in [5, 5.41) is 14.9. The van der Waals surface area contributed by atoms with Crippen LogP contribution < -0.4 is 0 Å². The molecule has 0 aliphatic rings. The third-order valence-electron chi connectivity index (χ3n) is 3.48. The predicted molar refractivity (Wildman–Crippen MR) is 68.6 cm³/mol. The number of rotatable bonds is 6. The molecule has 0 fully saturated rings. The first kappa shape index (κ1) is 14.2. The molecule has 0 aromatic carbocycles. The monoisotopic (exact) mass is 239 g/mol. The van der Waals surface area contributed by atoms with Crippen LogP contribution in [0.15, 0.2) is 12.7 Å². The standard InChI is InChI=1S/C13H25N3O/c1-5-6-7-8-13(17,12(2,3)4)9-16-11-14-10-15-16/h10-11,17H,5-9H2,1-4H3. The smallest absolute Gasteiger partial charge is 0.137 e. The Morgan fingerprint density at radius 2 is 1.94 bits per heavy atom. The lowest BCUT2D eigenvalue weighted by Crippen LogP contribution is -2.46. The molecule has 4 nitrogen and oxygen atoms in total. The highest BCUT2D eigenvalue weighted by atomic mass is 16.3. The Labute approximate surface area is 104 Å². The molecule has 1 heterocycles. The van der Waals surface area contributed by atoms with Crippen molar-refractivity contribution in [3.05, 3.63) is 12.7 Å². The second-order valence-electron chi connectivity index (χ2n) is 5.83. The van der Waals surface area contributed by atoms with Gasteiger partial charge >= 0.3 is 0 Å². The van der Waals surface area contributed by atoms with E-state index < -0.39 is 5.60 Å². The molecule has 4 heteroatoms. The Morgan fingerprint density at radius 1 is 1.24 bits per heavy atom. The first-order valence-electron chi connectivity index (χ1n) is 6.44. The summed E-state index contributed by atoms with van der Waals surface area (Å²) in [5.74, 6) is 0. The van der Waals surface area contributed by atoms with Crippen LogP contribution in [0.3, 0.4) is 0 Å². The van der Waals surface area contributed by atoms with Crippen molar-refractivity contribution in [1.82, 2.24) is 14.8 Å². The van der Waals surface area contributed by atoms with Crippen LogP contribution in [-0.4, -0.2) is 25.5 Å². The van der Waals surface area contributed by atoms with Crippen LogP contribution in [-0.2, 0) is 6.54 Å². The van der Waals surface area contributed by atoms with E-state index in [0.717, 1.165) is 19.3 Å². The van der Waals surface area contributed by atoms with Crippen molar-refractivity contribution in [3.8, 4) is 0 Å². The average molecular weight is 239 g/mol. The molecule has 0 saturated heterocycles. The van der Waals surface area contributed by atoms with Gasteiger partial charge in [-0.15, -0.1) is 0 Å². The van der Waals surface area contributed by atoms with Crippen LogP contribution in [0.25, 0.3) is 0 Å². The summed E-state index contributed by atoms with van der Waals surface area (Å²) >= 11 is 0. The van der Waals surface area contributed by atoms with Crippen LogP contribution in [0.1, 0.15) is 53.4 Å². The molecule has 0 radical (unpaired) electrons. The summed E-state index contributed by atoms with van der Waals surface area (Å²) in [6, 6.07) is 0. The summed E-state index contributed by atoms with van der Waals surface area (Å²) in [6.07, 6.45) is 7.37. The van der Waals surface area contributed by atoms with E-state index in [-0.39, 0.29) is 5.41 Å². The summed E-state index contributed by atoms with van der Waals surface area (Å²) in [4.78, 5) is 3.93. The molecule has 1 rings (SSSR count). The van der Waals surface area contributed by atoms with Crippen molar-refractivity contribution in [3.63, 3.8) is 0 Å². The number of unbranched alkanes of at least 4 members (excludes halogenated alkanes) is 2. The Balaban J connectivity index is 2.72. The van der Waals surface area contributed by atoms with Gasteiger partial charge in [0.1, 0.15) is 12.7 Å². The SMILES string of the molecule is CCCCCC(O)(Cn1cncn1)C(C)(C)C. The van der Waals surface area contributed by atoms with E-state index in [9.17, 15) is 5.11 Å². The molecule has 0 saturated carbocycles. The number of hydrogen-bond donors (Lipinski definition) is 1. The minimum atomic E-state index is -0.726. The van der Waals surface area contributed by atoms with E-state index in [0.29, 0.717) is 6.54 Å². The maximum absolute atomic E-state index is 10.9. The number of nitrogens with zero attached hydrogens (tertiary/aromatic N) is 3. The first-order chi connectivity index (χ1) is 7.89. The molecular weight excluding hydrogens is 214 g/mol. The normalized spacial score (nSPS) is 15.8. The predicted octanol–water partition coefficient (Wildman–Crippen LogP) is 2.64. The van der Waals surface area contributed by atoms with Gasteiger partial charge in [0, 0.05) is 0 Å². The fourth-order valence-electron chi connectivity index (χ4n) is 1.94. The zero-order valence-electron chi connectivity index (χ0n) is 11.5. The highest BCUT2D eigenvalue weighted by molar-refractivity contribution is 4.90. The topological polar surface area (TPSA) is 50.9 Å². The van der Waals surface area contributed by atoms with Crippen LogP contribution in [0.4, 0.5) is 0 Å². The molecule has 0 amide bonds.